The first-order valence-corrected chi connectivity index (χ1v) is 23.7. The van der Waals surface area contributed by atoms with Crippen molar-refractivity contribution in [2.24, 2.45) is 0 Å². The number of piperazine rings is 2. The number of amides is 2. The first-order valence-electron chi connectivity index (χ1n) is 21.9. The molecular formula is C49H58N8O4S2. The lowest BCUT2D eigenvalue weighted by Gasteiger charge is -2.33. The number of benzene rings is 2. The van der Waals surface area contributed by atoms with Crippen molar-refractivity contribution in [1.29, 1.82) is 0 Å². The fourth-order valence-electron chi connectivity index (χ4n) is 7.53. The zero-order chi connectivity index (χ0) is 43.8. The molecule has 2 aromatic carbocycles. The second kappa shape index (κ2) is 23.2. The van der Waals surface area contributed by atoms with Crippen molar-refractivity contribution >= 4 is 34.9 Å². The van der Waals surface area contributed by atoms with Crippen molar-refractivity contribution in [3.63, 3.8) is 0 Å². The number of hydrogen-bond acceptors (Lipinski definition) is 12. The Kier molecular flexibility index (Phi) is 16.8. The van der Waals surface area contributed by atoms with Crippen LogP contribution in [0.2, 0.25) is 0 Å². The molecule has 8 rings (SSSR count). The lowest BCUT2D eigenvalue weighted by atomic mass is 10.1. The van der Waals surface area contributed by atoms with Crippen molar-refractivity contribution in [2.75, 3.05) is 65.4 Å². The molecule has 4 aromatic heterocycles. The Morgan fingerprint density at radius 3 is 1.46 bits per heavy atom. The third kappa shape index (κ3) is 14.8. The summed E-state index contributed by atoms with van der Waals surface area (Å²) in [6, 6.07) is 23.9. The second-order valence-corrected chi connectivity index (χ2v) is 18.2. The number of aromatic nitrogens is 4. The van der Waals surface area contributed by atoms with Gasteiger partial charge in [0.05, 0.1) is 15.7 Å². The van der Waals surface area contributed by atoms with Gasteiger partial charge in [0.2, 0.25) is 0 Å². The molecule has 63 heavy (non-hydrogen) atoms. The molecule has 330 valence electrons. The molecule has 0 spiro atoms. The maximum absolute atomic E-state index is 12.6. The van der Waals surface area contributed by atoms with E-state index in [2.05, 4.69) is 61.1 Å². The van der Waals surface area contributed by atoms with Gasteiger partial charge in [-0.1, -0.05) is 24.3 Å². The van der Waals surface area contributed by atoms with Crippen LogP contribution in [-0.2, 0) is 38.5 Å². The molecule has 2 amide bonds. The number of thiazole rings is 2. The Morgan fingerprint density at radius 1 is 0.540 bits per heavy atom. The highest BCUT2D eigenvalue weighted by atomic mass is 32.1. The van der Waals surface area contributed by atoms with E-state index in [0.717, 1.165) is 99.9 Å². The van der Waals surface area contributed by atoms with E-state index in [-0.39, 0.29) is 12.2 Å². The average molecular weight is 887 g/mol. The first kappa shape index (κ1) is 45.5. The maximum atomic E-state index is 12.6. The minimum Gasteiger partial charge on any atom is -0.410 e. The van der Waals surface area contributed by atoms with Gasteiger partial charge < -0.3 is 19.3 Å². The van der Waals surface area contributed by atoms with Gasteiger partial charge in [0, 0.05) is 119 Å². The highest BCUT2D eigenvalue weighted by Gasteiger charge is 2.24. The van der Waals surface area contributed by atoms with E-state index in [9.17, 15) is 9.59 Å². The van der Waals surface area contributed by atoms with Gasteiger partial charge in [-0.05, 0) is 117 Å². The summed E-state index contributed by atoms with van der Waals surface area (Å²) in [5.74, 6) is 1.18. The third-order valence-corrected chi connectivity index (χ3v) is 12.9. The number of carbonyl (C=O) groups is 2. The SMILES string of the molecule is Cc1ccnc(CCc2ccc(OC(=O)N3CCN(CCc4csc(C)n4)CC3)cc2)c1.Cc1ccnc(CCc2ccc(OC(=O)N3CCN(CCc4nccs4)CC3)cc2)c1. The highest BCUT2D eigenvalue weighted by Crippen LogP contribution is 2.19. The quantitative estimate of drug-likeness (QED) is 0.106. The third-order valence-electron chi connectivity index (χ3n) is 11.3. The van der Waals surface area contributed by atoms with Crippen molar-refractivity contribution < 1.29 is 19.1 Å². The Balaban J connectivity index is 0.000000189. The lowest BCUT2D eigenvalue weighted by Crippen LogP contribution is -2.49. The largest absolute Gasteiger partial charge is 0.415 e. The topological polar surface area (TPSA) is 117 Å². The minimum atomic E-state index is -0.267. The molecule has 6 aromatic rings. The molecule has 2 aliphatic rings. The molecule has 2 aliphatic heterocycles. The number of ether oxygens (including phenoxy) is 2. The summed E-state index contributed by atoms with van der Waals surface area (Å²) in [6.45, 7) is 14.4. The van der Waals surface area contributed by atoms with E-state index < -0.39 is 0 Å². The average Bonchev–Trinajstić information content (AvgIpc) is 3.99. The summed E-state index contributed by atoms with van der Waals surface area (Å²) < 4.78 is 11.2. The summed E-state index contributed by atoms with van der Waals surface area (Å²) in [6.07, 6.45) is 10.6. The number of carbonyl (C=O) groups excluding carboxylic acids is 2. The van der Waals surface area contributed by atoms with Crippen LogP contribution in [0, 0.1) is 20.8 Å². The molecule has 0 N–H and O–H groups in total. The number of aryl methyl sites for hydroxylation is 7. The molecule has 0 aliphatic carbocycles. The molecule has 12 nitrogen and oxygen atoms in total. The van der Waals surface area contributed by atoms with E-state index in [1.165, 1.54) is 27.3 Å². The Morgan fingerprint density at radius 2 is 1.03 bits per heavy atom. The van der Waals surface area contributed by atoms with Crippen LogP contribution in [0.15, 0.2) is 102 Å². The van der Waals surface area contributed by atoms with Gasteiger partial charge in [0.1, 0.15) is 11.5 Å². The first-order chi connectivity index (χ1) is 30.7. The summed E-state index contributed by atoms with van der Waals surface area (Å²) in [4.78, 5) is 51.1. The number of pyridine rings is 2. The van der Waals surface area contributed by atoms with Crippen LogP contribution >= 0.6 is 22.7 Å². The number of rotatable bonds is 14. The summed E-state index contributed by atoms with van der Waals surface area (Å²) in [5, 5.41) is 6.43. The Hall–Kier alpha value is -5.54. The maximum Gasteiger partial charge on any atom is 0.415 e. The lowest BCUT2D eigenvalue weighted by molar-refractivity contribution is 0.110. The molecule has 0 atom stereocenters. The molecule has 2 saturated heterocycles. The van der Waals surface area contributed by atoms with Gasteiger partial charge in [0.15, 0.2) is 0 Å². The fourth-order valence-corrected chi connectivity index (χ4v) is 8.79. The summed E-state index contributed by atoms with van der Waals surface area (Å²) >= 11 is 3.39. The van der Waals surface area contributed by atoms with Crippen LogP contribution in [0.25, 0.3) is 0 Å². The molecule has 14 heteroatoms. The molecule has 0 radical (unpaired) electrons. The van der Waals surface area contributed by atoms with Crippen molar-refractivity contribution in [3.8, 4) is 11.5 Å². The van der Waals surface area contributed by atoms with Crippen molar-refractivity contribution in [2.45, 2.75) is 59.3 Å². The van der Waals surface area contributed by atoms with Gasteiger partial charge >= 0.3 is 12.2 Å². The van der Waals surface area contributed by atoms with Gasteiger partial charge in [-0.25, -0.2) is 19.6 Å². The second-order valence-electron chi connectivity index (χ2n) is 16.1. The standard InChI is InChI=1S/C25H30N4O2S.C24H28N4O2S/c1-19-9-11-26-22(17-19)6-3-21-4-7-24(8-5-21)31-25(30)29-15-13-28(14-16-29)12-10-23-18-32-20(2)27-23;1-19-8-10-25-21(18-19)5-2-20-3-6-22(7-4-20)30-24(29)28-15-13-27(14-16-28)12-9-23-26-11-17-31-23/h4-5,7-9,11,17-18H,3,6,10,12-16H2,1-2H3;3-4,6-8,10-11,17-18H,2,5,9,12-16H2,1H3. The number of hydrogen-bond donors (Lipinski definition) is 0. The predicted molar refractivity (Wildman–Crippen MR) is 250 cm³/mol. The molecule has 0 bridgehead atoms. The van der Waals surface area contributed by atoms with Crippen LogP contribution in [0.3, 0.4) is 0 Å². The van der Waals surface area contributed by atoms with Crippen LogP contribution < -0.4 is 9.47 Å². The van der Waals surface area contributed by atoms with Crippen molar-refractivity contribution in [1.82, 2.24) is 39.5 Å². The minimum absolute atomic E-state index is 0.267. The van der Waals surface area contributed by atoms with Gasteiger partial charge in [-0.15, -0.1) is 22.7 Å². The van der Waals surface area contributed by atoms with Gasteiger partial charge in [0.25, 0.3) is 0 Å². The normalized spacial score (nSPS) is 14.5. The monoisotopic (exact) mass is 886 g/mol. The van der Waals surface area contributed by atoms with E-state index in [4.69, 9.17) is 9.47 Å². The van der Waals surface area contributed by atoms with Crippen molar-refractivity contribution in [3.05, 3.63) is 151 Å². The molecule has 2 fully saturated rings. The fraction of sp³-hybridized carbons (Fsp3) is 0.388. The van der Waals surface area contributed by atoms with E-state index in [0.29, 0.717) is 37.7 Å². The van der Waals surface area contributed by atoms with Crippen LogP contribution in [0.4, 0.5) is 9.59 Å². The van der Waals surface area contributed by atoms with Gasteiger partial charge in [-0.2, -0.15) is 0 Å². The summed E-state index contributed by atoms with van der Waals surface area (Å²) in [7, 11) is 0. The van der Waals surface area contributed by atoms with Crippen LogP contribution in [-0.4, -0.2) is 117 Å². The summed E-state index contributed by atoms with van der Waals surface area (Å²) in [5.41, 5.74) is 8.23. The zero-order valence-corrected chi connectivity index (χ0v) is 38.3. The molecular weight excluding hydrogens is 829 g/mol. The molecule has 0 saturated carbocycles. The predicted octanol–water partition coefficient (Wildman–Crippen LogP) is 8.29. The molecule has 0 unspecified atom stereocenters. The van der Waals surface area contributed by atoms with Crippen LogP contribution in [0.5, 0.6) is 11.5 Å². The number of nitrogens with zero attached hydrogens (tertiary/aromatic N) is 8. The van der Waals surface area contributed by atoms with E-state index in [1.54, 1.807) is 32.5 Å². The van der Waals surface area contributed by atoms with E-state index in [1.807, 2.05) is 91.6 Å². The van der Waals surface area contributed by atoms with Gasteiger partial charge in [-0.3, -0.25) is 19.8 Å². The zero-order valence-electron chi connectivity index (χ0n) is 36.7. The molecule has 6 heterocycles. The Bertz CT molecular complexity index is 2320. The highest BCUT2D eigenvalue weighted by molar-refractivity contribution is 7.09. The van der Waals surface area contributed by atoms with E-state index >= 15 is 0 Å². The smallest absolute Gasteiger partial charge is 0.410 e. The van der Waals surface area contributed by atoms with Crippen LogP contribution in [0.1, 0.15) is 49.4 Å². The Labute approximate surface area is 379 Å².